The Labute approximate surface area is 90.0 Å². The minimum atomic E-state index is -1.12. The van der Waals surface area contributed by atoms with Crippen LogP contribution in [0, 0.1) is 9.39 Å². The molecule has 0 radical (unpaired) electrons. The summed E-state index contributed by atoms with van der Waals surface area (Å²) in [5.41, 5.74) is -0.0173. The van der Waals surface area contributed by atoms with Crippen molar-refractivity contribution in [3.8, 4) is 0 Å². The van der Waals surface area contributed by atoms with Gasteiger partial charge in [0, 0.05) is 0 Å². The van der Waals surface area contributed by atoms with Crippen LogP contribution in [0.2, 0.25) is 0 Å². The smallest absolute Gasteiger partial charge is 0.336 e. The van der Waals surface area contributed by atoms with E-state index in [4.69, 9.17) is 5.11 Å². The number of carboxylic acids is 1. The molecule has 0 aliphatic rings. The van der Waals surface area contributed by atoms with Gasteiger partial charge in [0.2, 0.25) is 0 Å². The summed E-state index contributed by atoms with van der Waals surface area (Å²) in [6.07, 6.45) is 0. The maximum atomic E-state index is 13.0. The summed E-state index contributed by atoms with van der Waals surface area (Å²) in [4.78, 5) is 10.5. The molecular weight excluding hydrogens is 342 g/mol. The highest BCUT2D eigenvalue weighted by Crippen LogP contribution is 2.23. The molecule has 0 atom stereocenters. The molecule has 2 nitrogen and oxygen atoms in total. The highest BCUT2D eigenvalue weighted by atomic mass is 127. The van der Waals surface area contributed by atoms with Crippen molar-refractivity contribution >= 4 is 44.5 Å². The lowest BCUT2D eigenvalue weighted by atomic mass is 10.2. The quantitative estimate of drug-likeness (QED) is 0.628. The fourth-order valence-corrected chi connectivity index (χ4v) is 2.09. The molecule has 0 spiro atoms. The van der Waals surface area contributed by atoms with Crippen LogP contribution in [0.15, 0.2) is 16.6 Å². The molecule has 1 aromatic rings. The van der Waals surface area contributed by atoms with Gasteiger partial charge in [-0.1, -0.05) is 0 Å². The molecule has 0 heterocycles. The minimum absolute atomic E-state index is 0.0173. The molecule has 1 aromatic carbocycles. The van der Waals surface area contributed by atoms with Crippen LogP contribution in [0.1, 0.15) is 10.4 Å². The molecule has 0 aliphatic carbocycles. The van der Waals surface area contributed by atoms with Crippen LogP contribution in [0.5, 0.6) is 0 Å². The number of aromatic carboxylic acids is 1. The third kappa shape index (κ3) is 1.77. The fourth-order valence-electron chi connectivity index (χ4n) is 0.691. The number of halogens is 3. The molecule has 1 N–H and O–H groups in total. The van der Waals surface area contributed by atoms with Gasteiger partial charge in [0.05, 0.1) is 13.6 Å². The number of benzene rings is 1. The zero-order chi connectivity index (χ0) is 9.30. The van der Waals surface area contributed by atoms with E-state index in [9.17, 15) is 9.18 Å². The Morgan fingerprint density at radius 2 is 2.17 bits per heavy atom. The van der Waals surface area contributed by atoms with E-state index in [0.29, 0.717) is 0 Å². The summed E-state index contributed by atoms with van der Waals surface area (Å²) in [6.45, 7) is 0. The van der Waals surface area contributed by atoms with Gasteiger partial charge in [0.25, 0.3) is 0 Å². The van der Waals surface area contributed by atoms with Crippen molar-refractivity contribution in [1.82, 2.24) is 0 Å². The van der Waals surface area contributed by atoms with Crippen molar-refractivity contribution in [3.05, 3.63) is 31.6 Å². The maximum absolute atomic E-state index is 13.0. The Morgan fingerprint density at radius 1 is 1.58 bits per heavy atom. The van der Waals surface area contributed by atoms with Gasteiger partial charge in [-0.3, -0.25) is 0 Å². The molecule has 0 saturated carbocycles. The van der Waals surface area contributed by atoms with Gasteiger partial charge in [-0.15, -0.1) is 0 Å². The Bertz CT molecular complexity index is 340. The standard InChI is InChI=1S/C7H3BrFIO2/c8-4-2-1-3(7(11)12)6(10)5(4)9/h1-2H,(H,11,12). The average Bonchev–Trinajstić information content (AvgIpc) is 2.00. The molecule has 0 amide bonds. The van der Waals surface area contributed by atoms with Crippen LogP contribution in [-0.2, 0) is 0 Å². The lowest BCUT2D eigenvalue weighted by Crippen LogP contribution is -2.01. The first-order valence-corrected chi connectivity index (χ1v) is 4.78. The monoisotopic (exact) mass is 344 g/mol. The summed E-state index contributed by atoms with van der Waals surface area (Å²) in [7, 11) is 0. The Kier molecular flexibility index (Phi) is 3.05. The lowest BCUT2D eigenvalue weighted by Gasteiger charge is -2.01. The van der Waals surface area contributed by atoms with Crippen molar-refractivity contribution in [2.45, 2.75) is 0 Å². The molecule has 0 fully saturated rings. The third-order valence-corrected chi connectivity index (χ3v) is 2.93. The normalized spacial score (nSPS) is 9.92. The molecule has 0 saturated heterocycles. The SMILES string of the molecule is O=C(O)c1ccc(Br)c(F)c1I. The molecule has 0 bridgehead atoms. The largest absolute Gasteiger partial charge is 0.478 e. The first-order chi connectivity index (χ1) is 5.54. The van der Waals surface area contributed by atoms with E-state index in [1.54, 1.807) is 22.6 Å². The second-order valence-electron chi connectivity index (χ2n) is 2.03. The predicted molar refractivity (Wildman–Crippen MR) is 53.8 cm³/mol. The number of hydrogen-bond donors (Lipinski definition) is 1. The predicted octanol–water partition coefficient (Wildman–Crippen LogP) is 2.89. The topological polar surface area (TPSA) is 37.3 Å². The van der Waals surface area contributed by atoms with Crippen molar-refractivity contribution in [1.29, 1.82) is 0 Å². The number of hydrogen-bond acceptors (Lipinski definition) is 1. The van der Waals surface area contributed by atoms with Crippen molar-refractivity contribution < 1.29 is 14.3 Å². The zero-order valence-electron chi connectivity index (χ0n) is 5.64. The molecule has 0 aromatic heterocycles. The highest BCUT2D eigenvalue weighted by Gasteiger charge is 2.13. The minimum Gasteiger partial charge on any atom is -0.478 e. The first-order valence-electron chi connectivity index (χ1n) is 2.91. The summed E-state index contributed by atoms with van der Waals surface area (Å²) in [5, 5.41) is 8.59. The van der Waals surface area contributed by atoms with Crippen molar-refractivity contribution in [2.75, 3.05) is 0 Å². The van der Waals surface area contributed by atoms with E-state index in [0.717, 1.165) is 0 Å². The maximum Gasteiger partial charge on any atom is 0.336 e. The van der Waals surface area contributed by atoms with Crippen LogP contribution >= 0.6 is 38.5 Å². The van der Waals surface area contributed by atoms with E-state index >= 15 is 0 Å². The Balaban J connectivity index is 3.36. The van der Waals surface area contributed by atoms with Gasteiger partial charge in [-0.05, 0) is 50.7 Å². The van der Waals surface area contributed by atoms with Crippen LogP contribution in [0.25, 0.3) is 0 Å². The van der Waals surface area contributed by atoms with Crippen LogP contribution in [0.4, 0.5) is 4.39 Å². The molecule has 12 heavy (non-hydrogen) atoms. The highest BCUT2D eigenvalue weighted by molar-refractivity contribution is 14.1. The summed E-state index contributed by atoms with van der Waals surface area (Å²) < 4.78 is 13.4. The fraction of sp³-hybridized carbons (Fsp3) is 0. The van der Waals surface area contributed by atoms with E-state index in [1.165, 1.54) is 12.1 Å². The van der Waals surface area contributed by atoms with Gasteiger partial charge in [0.15, 0.2) is 5.82 Å². The summed E-state index contributed by atoms with van der Waals surface area (Å²) >= 11 is 4.62. The van der Waals surface area contributed by atoms with Crippen molar-refractivity contribution in [3.63, 3.8) is 0 Å². The zero-order valence-corrected chi connectivity index (χ0v) is 9.39. The molecule has 0 aliphatic heterocycles. The lowest BCUT2D eigenvalue weighted by molar-refractivity contribution is 0.0695. The average molecular weight is 345 g/mol. The molecule has 0 unspecified atom stereocenters. The first kappa shape index (κ1) is 9.91. The molecular formula is C7H3BrFIO2. The second-order valence-corrected chi connectivity index (χ2v) is 3.96. The van der Waals surface area contributed by atoms with Gasteiger partial charge >= 0.3 is 5.97 Å². The van der Waals surface area contributed by atoms with Gasteiger partial charge in [0.1, 0.15) is 0 Å². The molecule has 1 rings (SSSR count). The number of carbonyl (C=O) groups is 1. The van der Waals surface area contributed by atoms with E-state index < -0.39 is 11.8 Å². The van der Waals surface area contributed by atoms with E-state index in [1.807, 2.05) is 0 Å². The molecule has 64 valence electrons. The van der Waals surface area contributed by atoms with E-state index in [2.05, 4.69) is 15.9 Å². The third-order valence-electron chi connectivity index (χ3n) is 1.27. The van der Waals surface area contributed by atoms with Crippen LogP contribution in [-0.4, -0.2) is 11.1 Å². The van der Waals surface area contributed by atoms with Crippen LogP contribution < -0.4 is 0 Å². The summed E-state index contributed by atoms with van der Waals surface area (Å²) in [6, 6.07) is 2.73. The second kappa shape index (κ2) is 3.69. The van der Waals surface area contributed by atoms with Gasteiger partial charge < -0.3 is 5.11 Å². The molecule has 5 heteroatoms. The summed E-state index contributed by atoms with van der Waals surface area (Å²) in [5.74, 6) is -1.65. The number of rotatable bonds is 1. The van der Waals surface area contributed by atoms with Gasteiger partial charge in [-0.2, -0.15) is 0 Å². The Morgan fingerprint density at radius 3 is 2.67 bits per heavy atom. The van der Waals surface area contributed by atoms with Gasteiger partial charge in [-0.25, -0.2) is 9.18 Å². The number of carboxylic acid groups (broad SMARTS) is 1. The van der Waals surface area contributed by atoms with E-state index in [-0.39, 0.29) is 13.6 Å². The van der Waals surface area contributed by atoms with Crippen molar-refractivity contribution in [2.24, 2.45) is 0 Å². The van der Waals surface area contributed by atoms with Crippen LogP contribution in [0.3, 0.4) is 0 Å². The Hall–Kier alpha value is -0.170.